The number of anilines is 1. The molecule has 0 aliphatic rings. The second kappa shape index (κ2) is 9.76. The molecule has 0 fully saturated rings. The van der Waals surface area contributed by atoms with Crippen molar-refractivity contribution in [3.63, 3.8) is 0 Å². The molecule has 4 aromatic rings. The highest BCUT2D eigenvalue weighted by Gasteiger charge is 2.11. The van der Waals surface area contributed by atoms with Crippen LogP contribution < -0.4 is 10.1 Å². The minimum Gasteiger partial charge on any atom is -0.486 e. The van der Waals surface area contributed by atoms with Gasteiger partial charge >= 0.3 is 0 Å². The van der Waals surface area contributed by atoms with Crippen LogP contribution in [0, 0.1) is 0 Å². The molecule has 0 aliphatic heterocycles. The predicted octanol–water partition coefficient (Wildman–Crippen LogP) is 5.04. The molecule has 0 aliphatic carbocycles. The molecule has 1 N–H and O–H groups in total. The van der Waals surface area contributed by atoms with Crippen LogP contribution in [-0.2, 0) is 26.5 Å². The van der Waals surface area contributed by atoms with Crippen LogP contribution in [-0.4, -0.2) is 15.5 Å². The van der Waals surface area contributed by atoms with E-state index in [4.69, 9.17) is 4.74 Å². The summed E-state index contributed by atoms with van der Waals surface area (Å²) in [5.41, 5.74) is 3.73. The zero-order valence-electron chi connectivity index (χ0n) is 17.5. The van der Waals surface area contributed by atoms with E-state index in [1.54, 1.807) is 6.20 Å². The highest BCUT2D eigenvalue weighted by molar-refractivity contribution is 6.05. The number of nitrogens with one attached hydrogen (secondary N) is 1. The van der Waals surface area contributed by atoms with E-state index in [0.717, 1.165) is 35.7 Å². The third kappa shape index (κ3) is 5.39. The van der Waals surface area contributed by atoms with Gasteiger partial charge in [-0.15, -0.1) is 0 Å². The molecule has 0 saturated carbocycles. The number of aryl methyl sites for hydroxylation is 3. The number of amides is 1. The van der Waals surface area contributed by atoms with Gasteiger partial charge in [0.15, 0.2) is 0 Å². The largest absolute Gasteiger partial charge is 0.486 e. The fourth-order valence-corrected chi connectivity index (χ4v) is 3.40. The van der Waals surface area contributed by atoms with E-state index < -0.39 is 0 Å². The Labute approximate surface area is 182 Å². The van der Waals surface area contributed by atoms with Gasteiger partial charge in [-0.2, -0.15) is 0 Å². The van der Waals surface area contributed by atoms with Crippen molar-refractivity contribution >= 4 is 11.6 Å². The van der Waals surface area contributed by atoms with Crippen molar-refractivity contribution < 1.29 is 9.53 Å². The van der Waals surface area contributed by atoms with Crippen LogP contribution in [0.5, 0.6) is 5.75 Å². The quantitative estimate of drug-likeness (QED) is 0.442. The summed E-state index contributed by atoms with van der Waals surface area (Å²) in [7, 11) is 1.93. The second-order valence-electron chi connectivity index (χ2n) is 7.36. The molecule has 0 unspecified atom stereocenters. The Balaban J connectivity index is 1.37. The maximum absolute atomic E-state index is 12.9. The van der Waals surface area contributed by atoms with Crippen molar-refractivity contribution in [3.8, 4) is 5.75 Å². The molecule has 0 spiro atoms. The number of carbonyl (C=O) groups is 1. The molecule has 5 nitrogen and oxygen atoms in total. The van der Waals surface area contributed by atoms with Gasteiger partial charge in [-0.25, -0.2) is 4.98 Å². The van der Waals surface area contributed by atoms with E-state index in [2.05, 4.69) is 22.4 Å². The Morgan fingerprint density at radius 2 is 1.68 bits per heavy atom. The number of hydrogen-bond donors (Lipinski definition) is 1. The van der Waals surface area contributed by atoms with Crippen molar-refractivity contribution in [2.24, 2.45) is 7.05 Å². The Hall–Kier alpha value is -3.86. The number of aromatic nitrogens is 2. The van der Waals surface area contributed by atoms with Crippen molar-refractivity contribution in [2.45, 2.75) is 19.4 Å². The van der Waals surface area contributed by atoms with E-state index >= 15 is 0 Å². The first-order valence-electron chi connectivity index (χ1n) is 10.3. The Bertz CT molecular complexity index is 1130. The molecule has 0 radical (unpaired) electrons. The van der Waals surface area contributed by atoms with Gasteiger partial charge in [0.25, 0.3) is 5.91 Å². The summed E-state index contributed by atoms with van der Waals surface area (Å²) in [6.45, 7) is 0.393. The molecule has 5 heteroatoms. The number of hydrogen-bond acceptors (Lipinski definition) is 3. The Morgan fingerprint density at radius 1 is 0.935 bits per heavy atom. The molecule has 3 aromatic carbocycles. The lowest BCUT2D eigenvalue weighted by Crippen LogP contribution is -2.14. The molecule has 0 bridgehead atoms. The first kappa shape index (κ1) is 20.4. The van der Waals surface area contributed by atoms with Gasteiger partial charge in [-0.3, -0.25) is 4.79 Å². The maximum Gasteiger partial charge on any atom is 0.255 e. The lowest BCUT2D eigenvalue weighted by Gasteiger charge is -2.11. The number of carbonyl (C=O) groups excluding carboxylic acids is 1. The summed E-state index contributed by atoms with van der Waals surface area (Å²) >= 11 is 0. The number of imidazole rings is 1. The maximum atomic E-state index is 12.9. The Kier molecular flexibility index (Phi) is 6.43. The van der Waals surface area contributed by atoms with E-state index in [1.807, 2.05) is 84.5 Å². The van der Waals surface area contributed by atoms with Crippen LogP contribution in [0.15, 0.2) is 91.3 Å². The van der Waals surface area contributed by atoms with Crippen molar-refractivity contribution in [1.29, 1.82) is 0 Å². The van der Waals surface area contributed by atoms with Crippen LogP contribution in [0.25, 0.3) is 0 Å². The van der Waals surface area contributed by atoms with Gasteiger partial charge < -0.3 is 14.6 Å². The highest BCUT2D eigenvalue weighted by atomic mass is 16.5. The normalized spacial score (nSPS) is 10.6. The smallest absolute Gasteiger partial charge is 0.255 e. The number of nitrogens with zero attached hydrogens (tertiary/aromatic N) is 2. The second-order valence-corrected chi connectivity index (χ2v) is 7.36. The molecule has 4 rings (SSSR count). The predicted molar refractivity (Wildman–Crippen MR) is 122 cm³/mol. The summed E-state index contributed by atoms with van der Waals surface area (Å²) in [4.78, 5) is 17.1. The van der Waals surface area contributed by atoms with Gasteiger partial charge in [0.2, 0.25) is 0 Å². The zero-order valence-corrected chi connectivity index (χ0v) is 17.5. The SMILES string of the molecule is Cn1ccnc1COc1ccc(NC(=O)c2ccccc2CCc2ccccc2)cc1. The van der Waals surface area contributed by atoms with Crippen LogP contribution in [0.2, 0.25) is 0 Å². The molecular weight excluding hydrogens is 386 g/mol. The minimum atomic E-state index is -0.106. The van der Waals surface area contributed by atoms with Crippen LogP contribution in [0.3, 0.4) is 0 Å². The molecule has 1 amide bonds. The van der Waals surface area contributed by atoms with Gasteiger partial charge in [0, 0.05) is 30.7 Å². The van der Waals surface area contributed by atoms with E-state index in [9.17, 15) is 4.79 Å². The van der Waals surface area contributed by atoms with Gasteiger partial charge in [0.05, 0.1) is 0 Å². The first-order chi connectivity index (χ1) is 15.2. The lowest BCUT2D eigenvalue weighted by molar-refractivity contribution is 0.102. The van der Waals surface area contributed by atoms with Crippen LogP contribution in [0.1, 0.15) is 27.3 Å². The summed E-state index contributed by atoms with van der Waals surface area (Å²) in [5, 5.41) is 2.99. The monoisotopic (exact) mass is 411 g/mol. The third-order valence-corrected chi connectivity index (χ3v) is 5.19. The molecule has 1 aromatic heterocycles. The number of rotatable bonds is 8. The fourth-order valence-electron chi connectivity index (χ4n) is 3.40. The zero-order chi connectivity index (χ0) is 21.5. The third-order valence-electron chi connectivity index (χ3n) is 5.19. The van der Waals surface area contributed by atoms with Crippen molar-refractivity contribution in [1.82, 2.24) is 9.55 Å². The summed E-state index contributed by atoms with van der Waals surface area (Å²) in [6, 6.07) is 25.5. The van der Waals surface area contributed by atoms with Crippen molar-refractivity contribution in [2.75, 3.05) is 5.32 Å². The van der Waals surface area contributed by atoms with Gasteiger partial charge in [-0.05, 0) is 54.3 Å². The van der Waals surface area contributed by atoms with Crippen LogP contribution in [0.4, 0.5) is 5.69 Å². The number of ether oxygens (including phenoxy) is 1. The van der Waals surface area contributed by atoms with Gasteiger partial charge in [-0.1, -0.05) is 48.5 Å². The van der Waals surface area contributed by atoms with E-state index in [1.165, 1.54) is 5.56 Å². The topological polar surface area (TPSA) is 56.1 Å². The fraction of sp³-hybridized carbons (Fsp3) is 0.154. The lowest BCUT2D eigenvalue weighted by atomic mass is 9.99. The standard InChI is InChI=1S/C26H25N3O2/c1-29-18-17-27-25(29)19-31-23-15-13-22(14-16-23)28-26(30)24-10-6-5-9-21(24)12-11-20-7-3-2-4-8-20/h2-10,13-18H,11-12,19H2,1H3,(H,28,30). The molecule has 0 saturated heterocycles. The molecule has 0 atom stereocenters. The first-order valence-corrected chi connectivity index (χ1v) is 10.3. The average molecular weight is 412 g/mol. The number of benzene rings is 3. The minimum absolute atomic E-state index is 0.106. The summed E-state index contributed by atoms with van der Waals surface area (Å²) in [5.74, 6) is 1.47. The molecule has 31 heavy (non-hydrogen) atoms. The van der Waals surface area contributed by atoms with E-state index in [-0.39, 0.29) is 5.91 Å². The summed E-state index contributed by atoms with van der Waals surface area (Å²) in [6.07, 6.45) is 5.34. The average Bonchev–Trinajstić information content (AvgIpc) is 3.22. The van der Waals surface area contributed by atoms with E-state index in [0.29, 0.717) is 12.2 Å². The van der Waals surface area contributed by atoms with Crippen molar-refractivity contribution in [3.05, 3.63) is 114 Å². The van der Waals surface area contributed by atoms with Gasteiger partial charge in [0.1, 0.15) is 18.2 Å². The summed E-state index contributed by atoms with van der Waals surface area (Å²) < 4.78 is 7.69. The molecule has 156 valence electrons. The highest BCUT2D eigenvalue weighted by Crippen LogP contribution is 2.19. The van der Waals surface area contributed by atoms with Crippen LogP contribution >= 0.6 is 0 Å². The Morgan fingerprint density at radius 3 is 2.42 bits per heavy atom. The molecular formula is C26H25N3O2. The molecule has 1 heterocycles.